The van der Waals surface area contributed by atoms with E-state index in [4.69, 9.17) is 5.11 Å². The normalized spacial score (nSPS) is 12.6. The molecule has 0 aliphatic carbocycles. The molecule has 18 heavy (non-hydrogen) atoms. The van der Waals surface area contributed by atoms with E-state index >= 15 is 0 Å². The average Bonchev–Trinajstić information content (AvgIpc) is 2.35. The molecule has 0 saturated heterocycles. The first-order chi connectivity index (χ1) is 8.53. The van der Waals surface area contributed by atoms with Gasteiger partial charge in [0.1, 0.15) is 17.3 Å². The van der Waals surface area contributed by atoms with Crippen molar-refractivity contribution in [1.82, 2.24) is 0 Å². The van der Waals surface area contributed by atoms with Gasteiger partial charge in [-0.15, -0.1) is 0 Å². The third-order valence-corrected chi connectivity index (χ3v) is 3.19. The molecular formula is C14H21F2NO. The van der Waals surface area contributed by atoms with Gasteiger partial charge in [0.05, 0.1) is 6.61 Å². The van der Waals surface area contributed by atoms with Gasteiger partial charge in [0.15, 0.2) is 0 Å². The van der Waals surface area contributed by atoms with E-state index in [1.54, 1.807) is 4.90 Å². The number of hydrogen-bond donors (Lipinski definition) is 1. The van der Waals surface area contributed by atoms with E-state index in [2.05, 4.69) is 13.8 Å². The molecule has 102 valence electrons. The van der Waals surface area contributed by atoms with Crippen LogP contribution in [0.25, 0.3) is 0 Å². The largest absolute Gasteiger partial charge is 0.392 e. The second kappa shape index (κ2) is 6.69. The summed E-state index contributed by atoms with van der Waals surface area (Å²) in [5.74, 6) is -0.838. The van der Waals surface area contributed by atoms with Crippen molar-refractivity contribution in [3.8, 4) is 0 Å². The first-order valence-electron chi connectivity index (χ1n) is 6.37. The van der Waals surface area contributed by atoms with Crippen molar-refractivity contribution in [2.75, 3.05) is 18.0 Å². The van der Waals surface area contributed by atoms with E-state index in [9.17, 15) is 8.78 Å². The van der Waals surface area contributed by atoms with Crippen molar-refractivity contribution in [2.24, 2.45) is 5.92 Å². The van der Waals surface area contributed by atoms with Crippen LogP contribution < -0.4 is 4.90 Å². The molecule has 0 aliphatic heterocycles. The van der Waals surface area contributed by atoms with Crippen molar-refractivity contribution >= 4 is 5.69 Å². The van der Waals surface area contributed by atoms with Gasteiger partial charge in [-0.25, -0.2) is 8.78 Å². The Hall–Kier alpha value is -1.16. The van der Waals surface area contributed by atoms with Crippen molar-refractivity contribution in [2.45, 2.75) is 33.8 Å². The number of rotatable bonds is 6. The molecule has 1 aromatic carbocycles. The Morgan fingerprint density at radius 2 is 1.78 bits per heavy atom. The van der Waals surface area contributed by atoms with E-state index in [0.29, 0.717) is 19.0 Å². The van der Waals surface area contributed by atoms with Gasteiger partial charge >= 0.3 is 0 Å². The molecule has 0 bridgehead atoms. The van der Waals surface area contributed by atoms with Crippen molar-refractivity contribution in [3.63, 3.8) is 0 Å². The summed E-state index contributed by atoms with van der Waals surface area (Å²) in [4.78, 5) is 1.71. The highest BCUT2D eigenvalue weighted by molar-refractivity contribution is 5.50. The summed E-state index contributed by atoms with van der Waals surface area (Å²) < 4.78 is 27.8. The van der Waals surface area contributed by atoms with Gasteiger partial charge in [0, 0.05) is 13.1 Å². The summed E-state index contributed by atoms with van der Waals surface area (Å²) in [5.41, 5.74) is 0.267. The average molecular weight is 257 g/mol. The molecule has 1 rings (SSSR count). The van der Waals surface area contributed by atoms with Gasteiger partial charge in [-0.2, -0.15) is 0 Å². The minimum atomic E-state index is -0.607. The molecule has 0 aromatic heterocycles. The summed E-state index contributed by atoms with van der Waals surface area (Å²) in [6, 6.07) is 2.38. The fourth-order valence-electron chi connectivity index (χ4n) is 1.90. The standard InChI is InChI=1S/C14H21F2NO/c1-4-10(3)8-17(5-2)14-12(15)6-11(9-18)7-13(14)16/h6-7,10,18H,4-5,8-9H2,1-3H3. The zero-order chi connectivity index (χ0) is 13.7. The summed E-state index contributed by atoms with van der Waals surface area (Å²) in [5, 5.41) is 8.91. The van der Waals surface area contributed by atoms with Crippen LogP contribution in [0.2, 0.25) is 0 Å². The molecule has 0 aliphatic rings. The van der Waals surface area contributed by atoms with Gasteiger partial charge in [0.2, 0.25) is 0 Å². The van der Waals surface area contributed by atoms with Crippen LogP contribution in [0, 0.1) is 17.6 Å². The van der Waals surface area contributed by atoms with Crippen LogP contribution in [0.4, 0.5) is 14.5 Å². The third-order valence-electron chi connectivity index (χ3n) is 3.19. The lowest BCUT2D eigenvalue weighted by atomic mass is 10.1. The monoisotopic (exact) mass is 257 g/mol. The molecule has 2 nitrogen and oxygen atoms in total. The molecule has 0 radical (unpaired) electrons. The van der Waals surface area contributed by atoms with Crippen LogP contribution in [-0.2, 0) is 6.61 Å². The molecule has 1 atom stereocenters. The first kappa shape index (κ1) is 14.9. The second-order valence-corrected chi connectivity index (χ2v) is 4.62. The number of anilines is 1. The van der Waals surface area contributed by atoms with Crippen LogP contribution in [-0.4, -0.2) is 18.2 Å². The lowest BCUT2D eigenvalue weighted by Gasteiger charge is -2.27. The SMILES string of the molecule is CCC(C)CN(CC)c1c(F)cc(CO)cc1F. The van der Waals surface area contributed by atoms with Crippen LogP contribution in [0.5, 0.6) is 0 Å². The van der Waals surface area contributed by atoms with Crippen molar-refractivity contribution < 1.29 is 13.9 Å². The van der Waals surface area contributed by atoms with E-state index in [-0.39, 0.29) is 17.9 Å². The molecule has 1 unspecified atom stereocenters. The van der Waals surface area contributed by atoms with Gasteiger partial charge in [-0.3, -0.25) is 0 Å². The lowest BCUT2D eigenvalue weighted by molar-refractivity contribution is 0.280. The molecule has 0 spiro atoms. The third kappa shape index (κ3) is 3.42. The minimum absolute atomic E-state index is 0.00926. The lowest BCUT2D eigenvalue weighted by Crippen LogP contribution is -2.29. The molecule has 0 saturated carbocycles. The van der Waals surface area contributed by atoms with E-state index in [1.165, 1.54) is 12.1 Å². The van der Waals surface area contributed by atoms with Gasteiger partial charge < -0.3 is 10.0 Å². The van der Waals surface area contributed by atoms with Crippen LogP contribution in [0.3, 0.4) is 0 Å². The number of nitrogens with zero attached hydrogens (tertiary/aromatic N) is 1. The Morgan fingerprint density at radius 3 is 2.17 bits per heavy atom. The maximum Gasteiger partial charge on any atom is 0.149 e. The van der Waals surface area contributed by atoms with Gasteiger partial charge in [0.25, 0.3) is 0 Å². The van der Waals surface area contributed by atoms with Crippen LogP contribution in [0.15, 0.2) is 12.1 Å². The predicted octanol–water partition coefficient (Wildman–Crippen LogP) is 3.33. The number of aliphatic hydroxyl groups is 1. The Kier molecular flexibility index (Phi) is 5.54. The number of halogens is 2. The quantitative estimate of drug-likeness (QED) is 0.845. The highest BCUT2D eigenvalue weighted by atomic mass is 19.1. The highest BCUT2D eigenvalue weighted by Crippen LogP contribution is 2.26. The summed E-state index contributed by atoms with van der Waals surface area (Å²) in [6.07, 6.45) is 0.967. The predicted molar refractivity (Wildman–Crippen MR) is 69.6 cm³/mol. The maximum absolute atomic E-state index is 13.9. The molecule has 0 amide bonds. The molecule has 1 N–H and O–H groups in total. The maximum atomic E-state index is 13.9. The van der Waals surface area contributed by atoms with Gasteiger partial charge in [-0.05, 0) is 30.5 Å². The minimum Gasteiger partial charge on any atom is -0.392 e. The Morgan fingerprint density at radius 1 is 1.22 bits per heavy atom. The second-order valence-electron chi connectivity index (χ2n) is 4.62. The summed E-state index contributed by atoms with van der Waals surface area (Å²) in [6.45, 7) is 6.81. The fourth-order valence-corrected chi connectivity index (χ4v) is 1.90. The Bertz CT molecular complexity index is 372. The van der Waals surface area contributed by atoms with Gasteiger partial charge in [-0.1, -0.05) is 20.3 Å². The van der Waals surface area contributed by atoms with Crippen molar-refractivity contribution in [3.05, 3.63) is 29.3 Å². The molecule has 0 heterocycles. The Labute approximate surface area is 107 Å². The van der Waals surface area contributed by atoms with E-state index < -0.39 is 11.6 Å². The Balaban J connectivity index is 3.05. The smallest absolute Gasteiger partial charge is 0.149 e. The van der Waals surface area contributed by atoms with Crippen LogP contribution >= 0.6 is 0 Å². The molecular weight excluding hydrogens is 236 g/mol. The summed E-state index contributed by atoms with van der Waals surface area (Å²) >= 11 is 0. The topological polar surface area (TPSA) is 23.5 Å². The zero-order valence-corrected chi connectivity index (χ0v) is 11.2. The molecule has 4 heteroatoms. The molecule has 1 aromatic rings. The van der Waals surface area contributed by atoms with E-state index in [0.717, 1.165) is 6.42 Å². The molecule has 0 fully saturated rings. The number of aliphatic hydroxyl groups excluding tert-OH is 1. The van der Waals surface area contributed by atoms with Crippen molar-refractivity contribution in [1.29, 1.82) is 0 Å². The zero-order valence-electron chi connectivity index (χ0n) is 11.2. The highest BCUT2D eigenvalue weighted by Gasteiger charge is 2.18. The number of hydrogen-bond acceptors (Lipinski definition) is 2. The fraction of sp³-hybridized carbons (Fsp3) is 0.571. The van der Waals surface area contributed by atoms with E-state index in [1.807, 2.05) is 6.92 Å². The number of benzene rings is 1. The van der Waals surface area contributed by atoms with Crippen LogP contribution in [0.1, 0.15) is 32.8 Å². The first-order valence-corrected chi connectivity index (χ1v) is 6.37. The summed E-state index contributed by atoms with van der Waals surface area (Å²) in [7, 11) is 0.